The summed E-state index contributed by atoms with van der Waals surface area (Å²) in [7, 11) is 0. The first-order chi connectivity index (χ1) is 13.3. The van der Waals surface area contributed by atoms with Gasteiger partial charge in [0.15, 0.2) is 5.43 Å². The van der Waals surface area contributed by atoms with Crippen LogP contribution in [-0.2, 0) is 6.54 Å². The normalized spacial score (nSPS) is 18.6. The number of piperidine rings is 1. The lowest BCUT2D eigenvalue weighted by molar-refractivity contribution is 0.219. The minimum atomic E-state index is 0.153. The van der Waals surface area contributed by atoms with E-state index in [4.69, 9.17) is 4.42 Å². The van der Waals surface area contributed by atoms with E-state index in [0.717, 1.165) is 53.8 Å². The molecule has 5 rings (SSSR count). The van der Waals surface area contributed by atoms with Crippen molar-refractivity contribution in [2.24, 2.45) is 0 Å². The van der Waals surface area contributed by atoms with E-state index in [9.17, 15) is 4.79 Å². The minimum Gasteiger partial charge on any atom is -0.440 e. The molecule has 0 atom stereocenters. The Morgan fingerprint density at radius 3 is 2.41 bits per heavy atom. The third kappa shape index (κ3) is 3.02. The first-order valence-corrected chi connectivity index (χ1v) is 10.3. The van der Waals surface area contributed by atoms with Gasteiger partial charge in [-0.25, -0.2) is 0 Å². The van der Waals surface area contributed by atoms with Gasteiger partial charge in [0.25, 0.3) is 0 Å². The first kappa shape index (κ1) is 16.8. The van der Waals surface area contributed by atoms with Crippen molar-refractivity contribution in [3.63, 3.8) is 0 Å². The highest BCUT2D eigenvalue weighted by Crippen LogP contribution is 2.31. The van der Waals surface area contributed by atoms with Crippen LogP contribution in [0, 0.1) is 0 Å². The average molecular weight is 362 g/mol. The molecule has 0 aliphatic carbocycles. The van der Waals surface area contributed by atoms with E-state index < -0.39 is 0 Å². The highest BCUT2D eigenvalue weighted by Gasteiger charge is 2.25. The fraction of sp³-hybridized carbons (Fsp3) is 0.435. The number of hydrogen-bond donors (Lipinski definition) is 0. The van der Waals surface area contributed by atoms with E-state index in [1.807, 2.05) is 24.3 Å². The monoisotopic (exact) mass is 362 g/mol. The molecule has 0 saturated carbocycles. The molecular formula is C23H26N2O2. The largest absolute Gasteiger partial charge is 0.440 e. The lowest BCUT2D eigenvalue weighted by Crippen LogP contribution is -2.33. The number of nitrogens with zero attached hydrogens (tertiary/aromatic N) is 2. The first-order valence-electron chi connectivity index (χ1n) is 10.3. The van der Waals surface area contributed by atoms with Gasteiger partial charge in [0, 0.05) is 19.6 Å². The zero-order valence-corrected chi connectivity index (χ0v) is 15.7. The van der Waals surface area contributed by atoms with E-state index >= 15 is 0 Å². The van der Waals surface area contributed by atoms with Crippen LogP contribution >= 0.6 is 0 Å². The van der Waals surface area contributed by atoms with Gasteiger partial charge < -0.3 is 9.32 Å². The second kappa shape index (κ2) is 7.01. The summed E-state index contributed by atoms with van der Waals surface area (Å²) in [6.07, 6.45) is 6.08. The van der Waals surface area contributed by atoms with E-state index in [1.54, 1.807) is 0 Å². The number of fused-ring (bicyclic) bond motifs is 3. The van der Waals surface area contributed by atoms with Crippen LogP contribution < -0.4 is 10.3 Å². The van der Waals surface area contributed by atoms with Crippen molar-refractivity contribution >= 4 is 27.6 Å². The fourth-order valence-electron chi connectivity index (χ4n) is 4.64. The molecule has 0 bridgehead atoms. The van der Waals surface area contributed by atoms with E-state index in [0.29, 0.717) is 12.1 Å². The molecule has 2 aromatic carbocycles. The quantitative estimate of drug-likeness (QED) is 0.641. The molecule has 2 aliphatic rings. The van der Waals surface area contributed by atoms with Gasteiger partial charge in [-0.3, -0.25) is 9.69 Å². The summed E-state index contributed by atoms with van der Waals surface area (Å²) in [5.74, 6) is 0.811. The Balaban J connectivity index is 1.72. The number of anilines is 1. The van der Waals surface area contributed by atoms with Gasteiger partial charge in [-0.05, 0) is 55.6 Å². The predicted molar refractivity (Wildman–Crippen MR) is 111 cm³/mol. The van der Waals surface area contributed by atoms with Crippen LogP contribution in [0.5, 0.6) is 0 Å². The maximum Gasteiger partial charge on any atom is 0.204 e. The molecule has 4 heteroatoms. The summed E-state index contributed by atoms with van der Waals surface area (Å²) in [4.78, 5) is 18.4. The maximum atomic E-state index is 13.7. The van der Waals surface area contributed by atoms with Crippen molar-refractivity contribution in [1.82, 2.24) is 4.90 Å². The molecule has 0 radical (unpaired) electrons. The Bertz CT molecular complexity index is 1030. The standard InChI is InChI=1S/C23H26N2O2/c26-22-19(16-24-12-4-1-5-13-24)23(25-14-6-7-15-25)27-20-11-10-17-8-2-3-9-18(17)21(20)22/h2-3,8-11H,1,4-7,12-16H2. The topological polar surface area (TPSA) is 36.7 Å². The summed E-state index contributed by atoms with van der Waals surface area (Å²) in [6.45, 7) is 4.82. The Labute approximate surface area is 159 Å². The van der Waals surface area contributed by atoms with Crippen LogP contribution in [0.3, 0.4) is 0 Å². The van der Waals surface area contributed by atoms with Gasteiger partial charge in [-0.2, -0.15) is 0 Å². The molecule has 0 spiro atoms. The van der Waals surface area contributed by atoms with Crippen molar-refractivity contribution in [1.29, 1.82) is 0 Å². The molecular weight excluding hydrogens is 336 g/mol. The van der Waals surface area contributed by atoms with E-state index in [1.165, 1.54) is 32.1 Å². The fourth-order valence-corrected chi connectivity index (χ4v) is 4.64. The number of rotatable bonds is 3. The summed E-state index contributed by atoms with van der Waals surface area (Å²) >= 11 is 0. The Morgan fingerprint density at radius 2 is 1.59 bits per heavy atom. The molecule has 0 N–H and O–H groups in total. The maximum absolute atomic E-state index is 13.7. The van der Waals surface area contributed by atoms with Crippen molar-refractivity contribution < 1.29 is 4.42 Å². The lowest BCUT2D eigenvalue weighted by Gasteiger charge is -2.28. The second-order valence-electron chi connectivity index (χ2n) is 7.91. The summed E-state index contributed by atoms with van der Waals surface area (Å²) in [5.41, 5.74) is 1.71. The highest BCUT2D eigenvalue weighted by molar-refractivity contribution is 6.05. The molecule has 3 heterocycles. The van der Waals surface area contributed by atoms with Crippen molar-refractivity contribution in [3.8, 4) is 0 Å². The Morgan fingerprint density at radius 1 is 0.852 bits per heavy atom. The molecule has 2 saturated heterocycles. The summed E-state index contributed by atoms with van der Waals surface area (Å²) < 4.78 is 6.41. The van der Waals surface area contributed by atoms with Crippen LogP contribution in [0.25, 0.3) is 21.7 Å². The van der Waals surface area contributed by atoms with Crippen LogP contribution in [0.15, 0.2) is 45.6 Å². The molecule has 2 aliphatic heterocycles. The molecule has 3 aromatic rings. The molecule has 1 aromatic heterocycles. The van der Waals surface area contributed by atoms with Crippen molar-refractivity contribution in [3.05, 3.63) is 52.2 Å². The van der Waals surface area contributed by atoms with Crippen molar-refractivity contribution in [2.75, 3.05) is 31.1 Å². The van der Waals surface area contributed by atoms with Crippen molar-refractivity contribution in [2.45, 2.75) is 38.6 Å². The van der Waals surface area contributed by atoms with E-state index in [2.05, 4.69) is 21.9 Å². The average Bonchev–Trinajstić information content (AvgIpc) is 3.25. The Hall–Kier alpha value is -2.33. The molecule has 4 nitrogen and oxygen atoms in total. The van der Waals surface area contributed by atoms with Gasteiger partial charge in [-0.1, -0.05) is 36.8 Å². The number of likely N-dealkylation sites (tertiary alicyclic amines) is 1. The van der Waals surface area contributed by atoms with E-state index in [-0.39, 0.29) is 5.43 Å². The Kier molecular flexibility index (Phi) is 4.36. The SMILES string of the molecule is O=c1c(CN2CCCCC2)c(N2CCCC2)oc2ccc3ccccc3c12. The summed E-state index contributed by atoms with van der Waals surface area (Å²) in [5, 5.41) is 2.83. The number of hydrogen-bond acceptors (Lipinski definition) is 4. The zero-order valence-electron chi connectivity index (χ0n) is 15.7. The lowest BCUT2D eigenvalue weighted by atomic mass is 10.0. The molecule has 27 heavy (non-hydrogen) atoms. The molecule has 140 valence electrons. The smallest absolute Gasteiger partial charge is 0.204 e. The molecule has 2 fully saturated rings. The van der Waals surface area contributed by atoms with Crippen LogP contribution in [0.4, 0.5) is 5.88 Å². The van der Waals surface area contributed by atoms with Gasteiger partial charge in [0.2, 0.25) is 5.88 Å². The highest BCUT2D eigenvalue weighted by atomic mass is 16.4. The third-order valence-electron chi connectivity index (χ3n) is 6.08. The van der Waals surface area contributed by atoms with Gasteiger partial charge in [-0.15, -0.1) is 0 Å². The number of benzene rings is 2. The third-order valence-corrected chi connectivity index (χ3v) is 6.08. The van der Waals surface area contributed by atoms with Gasteiger partial charge in [0.05, 0.1) is 10.9 Å². The molecule has 0 amide bonds. The minimum absolute atomic E-state index is 0.153. The zero-order chi connectivity index (χ0) is 18.2. The van der Waals surface area contributed by atoms with Crippen LogP contribution in [-0.4, -0.2) is 31.1 Å². The second-order valence-corrected chi connectivity index (χ2v) is 7.91. The molecule has 0 unspecified atom stereocenters. The van der Waals surface area contributed by atoms with Crippen LogP contribution in [0.2, 0.25) is 0 Å². The predicted octanol–water partition coefficient (Wildman–Crippen LogP) is 4.53. The van der Waals surface area contributed by atoms with Gasteiger partial charge >= 0.3 is 0 Å². The van der Waals surface area contributed by atoms with Crippen LogP contribution in [0.1, 0.15) is 37.7 Å². The van der Waals surface area contributed by atoms with Gasteiger partial charge in [0.1, 0.15) is 5.58 Å². The summed E-state index contributed by atoms with van der Waals surface area (Å²) in [6, 6.07) is 12.1.